The Hall–Kier alpha value is -1.27. The Morgan fingerprint density at radius 1 is 1.47 bits per heavy atom. The van der Waals surface area contributed by atoms with E-state index < -0.39 is 0 Å². The van der Waals surface area contributed by atoms with Gasteiger partial charge in [-0.15, -0.1) is 5.10 Å². The second-order valence-corrected chi connectivity index (χ2v) is 4.48. The van der Waals surface area contributed by atoms with Crippen LogP contribution in [0.5, 0.6) is 0 Å². The van der Waals surface area contributed by atoms with Crippen molar-refractivity contribution in [1.82, 2.24) is 25.2 Å². The Labute approximate surface area is 101 Å². The molecule has 1 aromatic rings. The zero-order chi connectivity index (χ0) is 12.1. The van der Waals surface area contributed by atoms with Gasteiger partial charge in [0.2, 0.25) is 0 Å². The highest BCUT2D eigenvalue weighted by Crippen LogP contribution is 1.99. The maximum absolute atomic E-state index is 11.9. The molecule has 1 aliphatic rings. The molecule has 2 rings (SSSR count). The summed E-state index contributed by atoms with van der Waals surface area (Å²) in [5.74, 6) is 0.215. The lowest BCUT2D eigenvalue weighted by Gasteiger charge is -2.17. The van der Waals surface area contributed by atoms with Crippen molar-refractivity contribution in [3.05, 3.63) is 11.9 Å². The maximum atomic E-state index is 11.9. The average molecular weight is 237 g/mol. The summed E-state index contributed by atoms with van der Waals surface area (Å²) in [5.41, 5.74) is 0.755. The molecule has 0 bridgehead atoms. The number of carbonyl (C=O) groups excluding carboxylic acids is 1. The summed E-state index contributed by atoms with van der Waals surface area (Å²) >= 11 is 0. The summed E-state index contributed by atoms with van der Waals surface area (Å²) in [6.45, 7) is 4.50. The van der Waals surface area contributed by atoms with E-state index in [-0.39, 0.29) is 5.78 Å². The van der Waals surface area contributed by atoms with Crippen LogP contribution in [0.15, 0.2) is 6.20 Å². The van der Waals surface area contributed by atoms with Crippen molar-refractivity contribution in [3.8, 4) is 0 Å². The van der Waals surface area contributed by atoms with Crippen molar-refractivity contribution in [1.29, 1.82) is 0 Å². The van der Waals surface area contributed by atoms with E-state index in [2.05, 4.69) is 20.5 Å². The lowest BCUT2D eigenvalue weighted by molar-refractivity contribution is -0.119. The van der Waals surface area contributed by atoms with Crippen LogP contribution in [0.1, 0.15) is 12.1 Å². The van der Waals surface area contributed by atoms with Crippen LogP contribution >= 0.6 is 0 Å². The summed E-state index contributed by atoms with van der Waals surface area (Å²) < 4.78 is 1.62. The SMILES string of the molecule is Cn1cc(CC(=O)CN2CCCNCC2)nn1. The number of nitrogens with zero attached hydrogens (tertiary/aromatic N) is 4. The van der Waals surface area contributed by atoms with Crippen LogP contribution in [-0.4, -0.2) is 58.4 Å². The van der Waals surface area contributed by atoms with Gasteiger partial charge >= 0.3 is 0 Å². The lowest BCUT2D eigenvalue weighted by atomic mass is 10.2. The van der Waals surface area contributed by atoms with Crippen molar-refractivity contribution in [2.75, 3.05) is 32.7 Å². The molecule has 6 heteroatoms. The highest BCUT2D eigenvalue weighted by Gasteiger charge is 2.14. The van der Waals surface area contributed by atoms with Gasteiger partial charge in [0.15, 0.2) is 5.78 Å². The number of rotatable bonds is 4. The molecule has 0 aromatic carbocycles. The van der Waals surface area contributed by atoms with Crippen molar-refractivity contribution >= 4 is 5.78 Å². The van der Waals surface area contributed by atoms with E-state index in [0.717, 1.165) is 38.3 Å². The quantitative estimate of drug-likeness (QED) is 0.744. The minimum Gasteiger partial charge on any atom is -0.315 e. The molecule has 2 heterocycles. The van der Waals surface area contributed by atoms with Gasteiger partial charge in [0.05, 0.1) is 18.7 Å². The molecule has 1 fully saturated rings. The van der Waals surface area contributed by atoms with Crippen LogP contribution < -0.4 is 5.32 Å². The van der Waals surface area contributed by atoms with Gasteiger partial charge in [-0.25, -0.2) is 0 Å². The fourth-order valence-electron chi connectivity index (χ4n) is 2.04. The molecular formula is C11H19N5O. The van der Waals surface area contributed by atoms with Gasteiger partial charge in [-0.05, 0) is 19.5 Å². The van der Waals surface area contributed by atoms with Gasteiger partial charge in [0.25, 0.3) is 0 Å². The Kier molecular flexibility index (Phi) is 4.22. The van der Waals surface area contributed by atoms with Crippen LogP contribution in [0.2, 0.25) is 0 Å². The minimum atomic E-state index is 0.215. The van der Waals surface area contributed by atoms with E-state index >= 15 is 0 Å². The average Bonchev–Trinajstić information content (AvgIpc) is 2.53. The molecule has 1 aromatic heterocycles. The van der Waals surface area contributed by atoms with Gasteiger partial charge in [-0.1, -0.05) is 5.21 Å². The second kappa shape index (κ2) is 5.88. The predicted octanol–water partition coefficient (Wildman–Crippen LogP) is -0.778. The predicted molar refractivity (Wildman–Crippen MR) is 63.6 cm³/mol. The summed E-state index contributed by atoms with van der Waals surface area (Å²) in [4.78, 5) is 14.1. The zero-order valence-electron chi connectivity index (χ0n) is 10.2. The van der Waals surface area contributed by atoms with Gasteiger partial charge in [0.1, 0.15) is 0 Å². The first-order chi connectivity index (χ1) is 8.24. The minimum absolute atomic E-state index is 0.215. The van der Waals surface area contributed by atoms with Crippen molar-refractivity contribution in [2.45, 2.75) is 12.8 Å². The van der Waals surface area contributed by atoms with Gasteiger partial charge < -0.3 is 5.32 Å². The molecule has 0 spiro atoms. The molecule has 0 amide bonds. The molecule has 0 unspecified atom stereocenters. The summed E-state index contributed by atoms with van der Waals surface area (Å²) in [5, 5.41) is 11.1. The Balaban J connectivity index is 1.80. The van der Waals surface area contributed by atoms with E-state index in [9.17, 15) is 4.79 Å². The van der Waals surface area contributed by atoms with Crippen LogP contribution in [-0.2, 0) is 18.3 Å². The lowest BCUT2D eigenvalue weighted by Crippen LogP contribution is -2.33. The van der Waals surface area contributed by atoms with Crippen LogP contribution in [0.25, 0.3) is 0 Å². The molecule has 6 nitrogen and oxygen atoms in total. The molecule has 0 saturated carbocycles. The molecule has 1 N–H and O–H groups in total. The number of hydrogen-bond donors (Lipinski definition) is 1. The van der Waals surface area contributed by atoms with Gasteiger partial charge in [-0.3, -0.25) is 14.4 Å². The van der Waals surface area contributed by atoms with Crippen molar-refractivity contribution in [3.63, 3.8) is 0 Å². The molecule has 1 saturated heterocycles. The fraction of sp³-hybridized carbons (Fsp3) is 0.727. The number of ketones is 1. The summed E-state index contributed by atoms with van der Waals surface area (Å²) in [7, 11) is 1.81. The van der Waals surface area contributed by atoms with E-state index in [1.54, 1.807) is 17.9 Å². The first kappa shape index (κ1) is 12.2. The summed E-state index contributed by atoms with van der Waals surface area (Å²) in [6.07, 6.45) is 3.29. The largest absolute Gasteiger partial charge is 0.315 e. The van der Waals surface area contributed by atoms with E-state index in [1.807, 2.05) is 0 Å². The number of Topliss-reactive ketones (excluding diaryl/α,β-unsaturated/α-hetero) is 1. The number of aryl methyl sites for hydroxylation is 1. The highest BCUT2D eigenvalue weighted by atomic mass is 16.1. The molecule has 0 radical (unpaired) electrons. The van der Waals surface area contributed by atoms with E-state index in [0.29, 0.717) is 13.0 Å². The number of nitrogens with one attached hydrogen (secondary N) is 1. The smallest absolute Gasteiger partial charge is 0.152 e. The monoisotopic (exact) mass is 237 g/mol. The summed E-state index contributed by atoms with van der Waals surface area (Å²) in [6, 6.07) is 0. The topological polar surface area (TPSA) is 63.1 Å². The molecule has 0 atom stereocenters. The van der Waals surface area contributed by atoms with Crippen molar-refractivity contribution in [2.24, 2.45) is 7.05 Å². The Morgan fingerprint density at radius 2 is 2.35 bits per heavy atom. The van der Waals surface area contributed by atoms with Crippen LogP contribution in [0, 0.1) is 0 Å². The van der Waals surface area contributed by atoms with Crippen molar-refractivity contribution < 1.29 is 4.79 Å². The fourth-order valence-corrected chi connectivity index (χ4v) is 2.04. The Morgan fingerprint density at radius 3 is 3.12 bits per heavy atom. The third-order valence-corrected chi connectivity index (χ3v) is 2.86. The third-order valence-electron chi connectivity index (χ3n) is 2.86. The normalized spacial score (nSPS) is 17.9. The van der Waals surface area contributed by atoms with E-state index in [1.165, 1.54) is 0 Å². The van der Waals surface area contributed by atoms with Crippen LogP contribution in [0.4, 0.5) is 0 Å². The number of aromatic nitrogens is 3. The highest BCUT2D eigenvalue weighted by molar-refractivity contribution is 5.82. The first-order valence-corrected chi connectivity index (χ1v) is 6.04. The molecule has 1 aliphatic heterocycles. The van der Waals surface area contributed by atoms with Crippen LogP contribution in [0.3, 0.4) is 0 Å². The number of hydrogen-bond acceptors (Lipinski definition) is 5. The number of carbonyl (C=O) groups is 1. The molecule has 0 aliphatic carbocycles. The molecular weight excluding hydrogens is 218 g/mol. The third kappa shape index (κ3) is 3.90. The standard InChI is InChI=1S/C11H19N5O/c1-15-8-10(13-14-15)7-11(17)9-16-5-2-3-12-4-6-16/h8,12H,2-7,9H2,1H3. The molecule has 94 valence electrons. The first-order valence-electron chi connectivity index (χ1n) is 6.04. The maximum Gasteiger partial charge on any atom is 0.152 e. The van der Waals surface area contributed by atoms with E-state index in [4.69, 9.17) is 0 Å². The Bertz CT molecular complexity index is 368. The second-order valence-electron chi connectivity index (χ2n) is 4.48. The molecule has 17 heavy (non-hydrogen) atoms. The van der Waals surface area contributed by atoms with Gasteiger partial charge in [0, 0.05) is 26.3 Å². The zero-order valence-corrected chi connectivity index (χ0v) is 10.2. The van der Waals surface area contributed by atoms with Gasteiger partial charge in [-0.2, -0.15) is 0 Å².